The Balaban J connectivity index is 2.10. The molecule has 3 rings (SSSR count). The second kappa shape index (κ2) is 6.54. The van der Waals surface area contributed by atoms with Crippen molar-refractivity contribution in [1.29, 1.82) is 0 Å². The monoisotopic (exact) mass is 386 g/mol. The lowest BCUT2D eigenvalue weighted by Gasteiger charge is -2.11. The van der Waals surface area contributed by atoms with Crippen LogP contribution in [0.15, 0.2) is 24.5 Å². The van der Waals surface area contributed by atoms with Crippen molar-refractivity contribution in [3.05, 3.63) is 62.5 Å². The van der Waals surface area contributed by atoms with Crippen LogP contribution in [0.3, 0.4) is 0 Å². The van der Waals surface area contributed by atoms with E-state index in [0.717, 1.165) is 34.3 Å². The van der Waals surface area contributed by atoms with Crippen molar-refractivity contribution in [1.82, 2.24) is 9.97 Å². The van der Waals surface area contributed by atoms with Crippen LogP contribution in [0.2, 0.25) is 10.0 Å². The van der Waals surface area contributed by atoms with Crippen LogP contribution in [0.1, 0.15) is 34.9 Å². The molecular weight excluding hydrogens is 372 g/mol. The zero-order valence-corrected chi connectivity index (χ0v) is 15.1. The summed E-state index contributed by atoms with van der Waals surface area (Å²) in [7, 11) is 0. The van der Waals surface area contributed by atoms with E-state index in [4.69, 9.17) is 23.2 Å². The van der Waals surface area contributed by atoms with Gasteiger partial charge in [-0.1, -0.05) is 30.1 Å². The Kier molecular flexibility index (Phi) is 4.73. The number of aromatic amines is 1. The summed E-state index contributed by atoms with van der Waals surface area (Å²) in [6.45, 7) is 3.61. The molecule has 132 valence electrons. The minimum Gasteiger partial charge on any atom is -0.361 e. The van der Waals surface area contributed by atoms with Gasteiger partial charge in [-0.05, 0) is 42.2 Å². The van der Waals surface area contributed by atoms with E-state index in [9.17, 15) is 13.2 Å². The van der Waals surface area contributed by atoms with Crippen LogP contribution in [-0.2, 0) is 19.0 Å². The molecule has 3 aromatic rings. The number of halogens is 5. The molecule has 0 amide bonds. The van der Waals surface area contributed by atoms with E-state index in [1.165, 1.54) is 0 Å². The SMILES string of the molecule is CCc1ncc(Cl)c(Cc2c[nH]c3cc(C(F)(F)F)cc(C)c23)c1Cl. The van der Waals surface area contributed by atoms with Gasteiger partial charge < -0.3 is 4.98 Å². The van der Waals surface area contributed by atoms with Gasteiger partial charge in [0.05, 0.1) is 21.3 Å². The van der Waals surface area contributed by atoms with Gasteiger partial charge in [-0.25, -0.2) is 0 Å². The third kappa shape index (κ3) is 3.35. The zero-order valence-electron chi connectivity index (χ0n) is 13.6. The average molecular weight is 387 g/mol. The molecule has 0 fully saturated rings. The number of aryl methyl sites for hydroxylation is 2. The minimum atomic E-state index is -4.38. The normalized spacial score (nSPS) is 12.1. The molecule has 0 aliphatic heterocycles. The molecule has 0 unspecified atom stereocenters. The number of hydrogen-bond donors (Lipinski definition) is 1. The van der Waals surface area contributed by atoms with Crippen molar-refractivity contribution in [2.24, 2.45) is 0 Å². The molecule has 0 aliphatic carbocycles. The maximum absolute atomic E-state index is 13.0. The fourth-order valence-corrected chi connectivity index (χ4v) is 3.62. The van der Waals surface area contributed by atoms with Crippen molar-refractivity contribution in [2.75, 3.05) is 0 Å². The molecule has 0 saturated carbocycles. The summed E-state index contributed by atoms with van der Waals surface area (Å²) in [6.07, 6.45) is -0.0240. The largest absolute Gasteiger partial charge is 0.416 e. The molecule has 0 bridgehead atoms. The molecule has 0 aliphatic rings. The van der Waals surface area contributed by atoms with Crippen LogP contribution in [0, 0.1) is 6.92 Å². The first-order valence-electron chi connectivity index (χ1n) is 7.72. The van der Waals surface area contributed by atoms with Crippen LogP contribution in [0.5, 0.6) is 0 Å². The number of pyridine rings is 1. The maximum atomic E-state index is 13.0. The Morgan fingerprint density at radius 3 is 2.56 bits per heavy atom. The summed E-state index contributed by atoms with van der Waals surface area (Å²) in [6, 6.07) is 2.28. The lowest BCUT2D eigenvalue weighted by Crippen LogP contribution is -2.05. The van der Waals surface area contributed by atoms with E-state index < -0.39 is 11.7 Å². The Bertz CT molecular complexity index is 946. The van der Waals surface area contributed by atoms with Crippen molar-refractivity contribution < 1.29 is 13.2 Å². The van der Waals surface area contributed by atoms with Crippen molar-refractivity contribution >= 4 is 34.1 Å². The fourth-order valence-electron chi connectivity index (χ4n) is 3.01. The molecule has 1 aromatic carbocycles. The van der Waals surface area contributed by atoms with Gasteiger partial charge in [-0.15, -0.1) is 0 Å². The van der Waals surface area contributed by atoms with Crippen LogP contribution in [0.25, 0.3) is 10.9 Å². The molecule has 0 atom stereocenters. The zero-order chi connectivity index (χ0) is 18.4. The highest BCUT2D eigenvalue weighted by atomic mass is 35.5. The molecular formula is C18H15Cl2F3N2. The maximum Gasteiger partial charge on any atom is 0.416 e. The Hall–Kier alpha value is -1.72. The standard InChI is InChI=1S/C18H15Cl2F3N2/c1-3-14-17(20)12(13(19)8-25-14)5-10-7-24-15-6-11(18(21,22)23)4-9(2)16(10)15/h4,6-8,24H,3,5H2,1-2H3. The van der Waals surface area contributed by atoms with Gasteiger partial charge in [-0.3, -0.25) is 4.98 Å². The van der Waals surface area contributed by atoms with E-state index >= 15 is 0 Å². The lowest BCUT2D eigenvalue weighted by atomic mass is 9.99. The minimum absolute atomic E-state index is 0.416. The summed E-state index contributed by atoms with van der Waals surface area (Å²) < 4.78 is 38.9. The van der Waals surface area contributed by atoms with Gasteiger partial charge in [-0.2, -0.15) is 13.2 Å². The smallest absolute Gasteiger partial charge is 0.361 e. The predicted octanol–water partition coefficient (Wildman–Crippen LogP) is 6.35. The molecule has 2 nitrogen and oxygen atoms in total. The molecule has 2 aromatic heterocycles. The van der Waals surface area contributed by atoms with E-state index in [-0.39, 0.29) is 0 Å². The van der Waals surface area contributed by atoms with Crippen molar-refractivity contribution in [2.45, 2.75) is 32.9 Å². The number of nitrogens with zero attached hydrogens (tertiary/aromatic N) is 1. The highest BCUT2D eigenvalue weighted by molar-refractivity contribution is 6.36. The van der Waals surface area contributed by atoms with E-state index in [1.807, 2.05) is 6.92 Å². The molecule has 0 radical (unpaired) electrons. The van der Waals surface area contributed by atoms with E-state index in [2.05, 4.69) is 9.97 Å². The molecule has 7 heteroatoms. The summed E-state index contributed by atoms with van der Waals surface area (Å²) >= 11 is 12.6. The Labute approximate surface area is 153 Å². The molecule has 0 spiro atoms. The van der Waals surface area contributed by atoms with Crippen LogP contribution in [0.4, 0.5) is 13.2 Å². The van der Waals surface area contributed by atoms with Crippen molar-refractivity contribution in [3.63, 3.8) is 0 Å². The first-order chi connectivity index (χ1) is 11.7. The first kappa shape index (κ1) is 18.1. The van der Waals surface area contributed by atoms with Gasteiger partial charge in [0.1, 0.15) is 0 Å². The third-order valence-electron chi connectivity index (χ3n) is 4.23. The quantitative estimate of drug-likeness (QED) is 0.557. The third-order valence-corrected chi connectivity index (χ3v) is 5.00. The van der Waals surface area contributed by atoms with Gasteiger partial charge in [0.2, 0.25) is 0 Å². The molecule has 0 saturated heterocycles. The van der Waals surface area contributed by atoms with Crippen LogP contribution in [-0.4, -0.2) is 9.97 Å². The summed E-state index contributed by atoms with van der Waals surface area (Å²) in [5.74, 6) is 0. The van der Waals surface area contributed by atoms with Crippen LogP contribution < -0.4 is 0 Å². The van der Waals surface area contributed by atoms with E-state index in [1.54, 1.807) is 19.3 Å². The summed E-state index contributed by atoms with van der Waals surface area (Å²) in [4.78, 5) is 7.14. The van der Waals surface area contributed by atoms with Crippen molar-refractivity contribution in [3.8, 4) is 0 Å². The number of fused-ring (bicyclic) bond motifs is 1. The number of rotatable bonds is 3. The number of aromatic nitrogens is 2. The molecule has 2 heterocycles. The van der Waals surface area contributed by atoms with E-state index in [0.29, 0.717) is 34.0 Å². The Morgan fingerprint density at radius 2 is 1.92 bits per heavy atom. The number of alkyl halides is 3. The van der Waals surface area contributed by atoms with Gasteiger partial charge >= 0.3 is 6.18 Å². The lowest BCUT2D eigenvalue weighted by molar-refractivity contribution is -0.137. The topological polar surface area (TPSA) is 28.7 Å². The highest BCUT2D eigenvalue weighted by Gasteiger charge is 2.31. The Morgan fingerprint density at radius 1 is 1.20 bits per heavy atom. The van der Waals surface area contributed by atoms with Crippen LogP contribution >= 0.6 is 23.2 Å². The molecule has 25 heavy (non-hydrogen) atoms. The number of nitrogens with one attached hydrogen (secondary N) is 1. The van der Waals surface area contributed by atoms with Gasteiger partial charge in [0.15, 0.2) is 0 Å². The van der Waals surface area contributed by atoms with Gasteiger partial charge in [0.25, 0.3) is 0 Å². The number of hydrogen-bond acceptors (Lipinski definition) is 1. The second-order valence-corrected chi connectivity index (χ2v) is 6.69. The second-order valence-electron chi connectivity index (χ2n) is 5.90. The average Bonchev–Trinajstić information content (AvgIpc) is 2.94. The molecule has 1 N–H and O–H groups in total. The summed E-state index contributed by atoms with van der Waals surface area (Å²) in [5.41, 5.74) is 2.65. The van der Waals surface area contributed by atoms with Gasteiger partial charge in [0, 0.05) is 29.7 Å². The first-order valence-corrected chi connectivity index (χ1v) is 8.47. The predicted molar refractivity (Wildman–Crippen MR) is 94.5 cm³/mol. The highest BCUT2D eigenvalue weighted by Crippen LogP contribution is 2.36. The number of benzene rings is 1. The summed E-state index contributed by atoms with van der Waals surface area (Å²) in [5, 5.41) is 1.71. The fraction of sp³-hybridized carbons (Fsp3) is 0.278. The number of H-pyrrole nitrogens is 1.